The Morgan fingerprint density at radius 1 is 1.03 bits per heavy atom. The molecule has 0 amide bonds. The number of fused-ring (bicyclic) bond motifs is 1. The number of ether oxygens (including phenoxy) is 1. The molecule has 0 bridgehead atoms. The number of hydrogen-bond donors (Lipinski definition) is 1. The van der Waals surface area contributed by atoms with Crippen LogP contribution in [0.15, 0.2) is 59.8 Å². The second-order valence-electron chi connectivity index (χ2n) is 8.29. The minimum Gasteiger partial charge on any atom is -0.494 e. The Balaban J connectivity index is 1.56. The average molecular weight is 415 g/mol. The molecule has 6 heteroatoms. The van der Waals surface area contributed by atoms with Gasteiger partial charge in [0.1, 0.15) is 17.6 Å². The number of ketones is 1. The van der Waals surface area contributed by atoms with Gasteiger partial charge in [-0.15, -0.1) is 0 Å². The van der Waals surface area contributed by atoms with Crippen LogP contribution in [0.3, 0.4) is 0 Å². The van der Waals surface area contributed by atoms with Crippen LogP contribution in [0.5, 0.6) is 5.75 Å². The van der Waals surface area contributed by atoms with Crippen molar-refractivity contribution in [2.24, 2.45) is 0 Å². The summed E-state index contributed by atoms with van der Waals surface area (Å²) in [6, 6.07) is 16.2. The molecular formula is C25H26N4O2. The number of aryl methyl sites for hydroxylation is 2. The summed E-state index contributed by atoms with van der Waals surface area (Å²) in [5.74, 6) is 2.51. The summed E-state index contributed by atoms with van der Waals surface area (Å²) in [7, 11) is 0. The predicted octanol–water partition coefficient (Wildman–Crippen LogP) is 4.71. The average Bonchev–Trinajstić information content (AvgIpc) is 3.13. The Kier molecular flexibility index (Phi) is 4.85. The number of rotatable bonds is 4. The molecule has 1 N–H and O–H groups in total. The Morgan fingerprint density at radius 3 is 2.45 bits per heavy atom. The number of carbonyl (C=O) groups is 1. The summed E-state index contributed by atoms with van der Waals surface area (Å²) >= 11 is 0. The molecular weight excluding hydrogens is 388 g/mol. The SMILES string of the molecule is CCOc1ccc(C2C3=C(CC(c4ccc(C)cc4)CC3=O)Nc3nc(C)nn32)cc1. The van der Waals surface area contributed by atoms with Crippen LogP contribution in [0.1, 0.15) is 54.2 Å². The van der Waals surface area contributed by atoms with Crippen LogP contribution in [-0.2, 0) is 4.79 Å². The van der Waals surface area contributed by atoms with Gasteiger partial charge < -0.3 is 10.1 Å². The van der Waals surface area contributed by atoms with Crippen LogP contribution in [-0.4, -0.2) is 27.2 Å². The van der Waals surface area contributed by atoms with Crippen molar-refractivity contribution in [2.45, 2.75) is 45.6 Å². The number of benzene rings is 2. The van der Waals surface area contributed by atoms with E-state index < -0.39 is 0 Å². The first-order chi connectivity index (χ1) is 15.0. The molecule has 6 nitrogen and oxygen atoms in total. The molecule has 0 fully saturated rings. The lowest BCUT2D eigenvalue weighted by Crippen LogP contribution is -2.33. The smallest absolute Gasteiger partial charge is 0.226 e. The number of anilines is 1. The molecule has 2 heterocycles. The topological polar surface area (TPSA) is 69.0 Å². The van der Waals surface area contributed by atoms with Crippen LogP contribution in [0.25, 0.3) is 0 Å². The molecule has 2 aliphatic rings. The van der Waals surface area contributed by atoms with Gasteiger partial charge >= 0.3 is 0 Å². The lowest BCUT2D eigenvalue weighted by atomic mass is 9.78. The highest BCUT2D eigenvalue weighted by Gasteiger charge is 2.39. The van der Waals surface area contributed by atoms with Crippen LogP contribution in [0, 0.1) is 13.8 Å². The number of nitrogens with one attached hydrogen (secondary N) is 1. The van der Waals surface area contributed by atoms with E-state index in [4.69, 9.17) is 4.74 Å². The van der Waals surface area contributed by atoms with Gasteiger partial charge in [-0.05, 0) is 56.4 Å². The highest BCUT2D eigenvalue weighted by atomic mass is 16.5. The third-order valence-corrected chi connectivity index (χ3v) is 6.08. The molecule has 31 heavy (non-hydrogen) atoms. The normalized spacial score (nSPS) is 20.2. The van der Waals surface area contributed by atoms with Crippen LogP contribution in [0.2, 0.25) is 0 Å². The van der Waals surface area contributed by atoms with Gasteiger partial charge in [0, 0.05) is 17.7 Å². The Hall–Kier alpha value is -3.41. The maximum atomic E-state index is 13.5. The molecule has 2 unspecified atom stereocenters. The van der Waals surface area contributed by atoms with Crippen molar-refractivity contribution in [2.75, 3.05) is 11.9 Å². The first-order valence-corrected chi connectivity index (χ1v) is 10.8. The van der Waals surface area contributed by atoms with E-state index in [1.54, 1.807) is 0 Å². The molecule has 1 aromatic heterocycles. The standard InChI is InChI=1S/C25H26N4O2/c1-4-31-20-11-9-18(10-12-20)24-23-21(27-25-26-16(3)28-29(24)25)13-19(14-22(23)30)17-7-5-15(2)6-8-17/h5-12,19,24H,4,13-14H2,1-3H3,(H,26,27,28). The monoisotopic (exact) mass is 414 g/mol. The first kappa shape index (κ1) is 19.5. The molecule has 2 atom stereocenters. The maximum absolute atomic E-state index is 13.5. The minimum absolute atomic E-state index is 0.163. The fraction of sp³-hybridized carbons (Fsp3) is 0.320. The van der Waals surface area contributed by atoms with Crippen molar-refractivity contribution < 1.29 is 9.53 Å². The molecule has 158 valence electrons. The summed E-state index contributed by atoms with van der Waals surface area (Å²) in [5.41, 5.74) is 5.19. The zero-order valence-corrected chi connectivity index (χ0v) is 18.1. The molecule has 0 spiro atoms. The van der Waals surface area contributed by atoms with Gasteiger partial charge in [-0.2, -0.15) is 10.1 Å². The fourth-order valence-corrected chi connectivity index (χ4v) is 4.61. The maximum Gasteiger partial charge on any atom is 0.226 e. The van der Waals surface area contributed by atoms with E-state index in [0.717, 1.165) is 29.0 Å². The van der Waals surface area contributed by atoms with E-state index in [1.807, 2.05) is 42.8 Å². The van der Waals surface area contributed by atoms with Gasteiger partial charge in [-0.1, -0.05) is 42.0 Å². The van der Waals surface area contributed by atoms with Crippen LogP contribution >= 0.6 is 0 Å². The highest BCUT2D eigenvalue weighted by Crippen LogP contribution is 2.44. The van der Waals surface area contributed by atoms with Crippen LogP contribution < -0.4 is 10.1 Å². The molecule has 0 saturated carbocycles. The van der Waals surface area contributed by atoms with E-state index in [9.17, 15) is 4.79 Å². The first-order valence-electron chi connectivity index (χ1n) is 10.8. The van der Waals surface area contributed by atoms with E-state index in [1.165, 1.54) is 11.1 Å². The largest absolute Gasteiger partial charge is 0.494 e. The molecule has 0 radical (unpaired) electrons. The fourth-order valence-electron chi connectivity index (χ4n) is 4.61. The number of Topliss-reactive ketones (excluding diaryl/α,β-unsaturated/α-hetero) is 1. The summed E-state index contributed by atoms with van der Waals surface area (Å²) < 4.78 is 7.44. The number of aromatic nitrogens is 3. The third kappa shape index (κ3) is 3.52. The molecule has 3 aromatic rings. The number of hydrogen-bond acceptors (Lipinski definition) is 5. The van der Waals surface area contributed by atoms with Gasteiger partial charge in [0.25, 0.3) is 0 Å². The van der Waals surface area contributed by atoms with E-state index in [-0.39, 0.29) is 17.7 Å². The predicted molar refractivity (Wildman–Crippen MR) is 119 cm³/mol. The molecule has 5 rings (SSSR count). The highest BCUT2D eigenvalue weighted by molar-refractivity contribution is 6.00. The van der Waals surface area contributed by atoms with Gasteiger partial charge in [-0.25, -0.2) is 4.68 Å². The van der Waals surface area contributed by atoms with Crippen molar-refractivity contribution in [1.29, 1.82) is 0 Å². The van der Waals surface area contributed by atoms with Crippen molar-refractivity contribution >= 4 is 11.7 Å². The summed E-state index contributed by atoms with van der Waals surface area (Å²) in [4.78, 5) is 18.0. The third-order valence-electron chi connectivity index (χ3n) is 6.08. The molecule has 2 aromatic carbocycles. The summed E-state index contributed by atoms with van der Waals surface area (Å²) in [5, 5.41) is 8.02. The minimum atomic E-state index is -0.283. The zero-order chi connectivity index (χ0) is 21.5. The van der Waals surface area contributed by atoms with Gasteiger partial charge in [0.05, 0.1) is 6.61 Å². The van der Waals surface area contributed by atoms with Gasteiger partial charge in [0.15, 0.2) is 5.78 Å². The molecule has 1 aliphatic carbocycles. The Morgan fingerprint density at radius 2 is 1.74 bits per heavy atom. The second-order valence-corrected chi connectivity index (χ2v) is 8.29. The summed E-state index contributed by atoms with van der Waals surface area (Å²) in [6.45, 7) is 6.54. The van der Waals surface area contributed by atoms with Crippen molar-refractivity contribution in [3.05, 3.63) is 82.3 Å². The summed E-state index contributed by atoms with van der Waals surface area (Å²) in [6.07, 6.45) is 1.28. The number of nitrogens with zero attached hydrogens (tertiary/aromatic N) is 3. The lowest BCUT2D eigenvalue weighted by Gasteiger charge is -2.35. The number of allylic oxidation sites excluding steroid dienone is 2. The van der Waals surface area contributed by atoms with E-state index >= 15 is 0 Å². The number of carbonyl (C=O) groups excluding carboxylic acids is 1. The van der Waals surface area contributed by atoms with E-state index in [2.05, 4.69) is 46.6 Å². The molecule has 0 saturated heterocycles. The van der Waals surface area contributed by atoms with Crippen molar-refractivity contribution in [1.82, 2.24) is 14.8 Å². The molecule has 1 aliphatic heterocycles. The van der Waals surface area contributed by atoms with Crippen molar-refractivity contribution in [3.63, 3.8) is 0 Å². The van der Waals surface area contributed by atoms with E-state index in [0.29, 0.717) is 24.8 Å². The quantitative estimate of drug-likeness (QED) is 0.670. The Labute approximate surface area is 182 Å². The lowest BCUT2D eigenvalue weighted by molar-refractivity contribution is -0.116. The van der Waals surface area contributed by atoms with Gasteiger partial charge in [-0.3, -0.25) is 4.79 Å². The van der Waals surface area contributed by atoms with Crippen molar-refractivity contribution in [3.8, 4) is 5.75 Å². The van der Waals surface area contributed by atoms with Gasteiger partial charge in [0.2, 0.25) is 5.95 Å². The second kappa shape index (κ2) is 7.69. The zero-order valence-electron chi connectivity index (χ0n) is 18.1. The Bertz CT molecular complexity index is 1160. The van der Waals surface area contributed by atoms with Crippen LogP contribution in [0.4, 0.5) is 5.95 Å².